The average molecular weight is 292 g/mol. The van der Waals surface area contributed by atoms with Crippen molar-refractivity contribution in [3.8, 4) is 5.75 Å². The van der Waals surface area contributed by atoms with Crippen LogP contribution in [0.25, 0.3) is 10.8 Å². The summed E-state index contributed by atoms with van der Waals surface area (Å²) in [4.78, 5) is 0. The van der Waals surface area contributed by atoms with Crippen LogP contribution < -0.4 is 4.52 Å². The Morgan fingerprint density at radius 2 is 1.70 bits per heavy atom. The van der Waals surface area contributed by atoms with E-state index < -0.39 is 7.82 Å². The first kappa shape index (κ1) is 13.6. The van der Waals surface area contributed by atoms with Gasteiger partial charge in [0.15, 0.2) is 0 Å². The Kier molecular flexibility index (Phi) is 3.33. The van der Waals surface area contributed by atoms with Gasteiger partial charge in [0.05, 0.1) is 13.2 Å². The third-order valence-electron chi connectivity index (χ3n) is 3.16. The number of phosphoric ester groups is 1. The maximum atomic E-state index is 12.4. The summed E-state index contributed by atoms with van der Waals surface area (Å²) in [5, 5.41) is 2.12. The number of benzene rings is 2. The molecule has 2 aromatic carbocycles. The Balaban J connectivity index is 1.81. The summed E-state index contributed by atoms with van der Waals surface area (Å²) in [6, 6.07) is 13.4. The zero-order valence-corrected chi connectivity index (χ0v) is 12.4. The Morgan fingerprint density at radius 3 is 2.40 bits per heavy atom. The molecule has 0 N–H and O–H groups in total. The van der Waals surface area contributed by atoms with Crippen molar-refractivity contribution in [2.24, 2.45) is 5.41 Å². The lowest BCUT2D eigenvalue weighted by atomic mass is 9.97. The van der Waals surface area contributed by atoms with Gasteiger partial charge < -0.3 is 4.52 Å². The Morgan fingerprint density at radius 1 is 1.05 bits per heavy atom. The molecule has 0 atom stereocenters. The van der Waals surface area contributed by atoms with E-state index in [-0.39, 0.29) is 5.41 Å². The molecule has 0 aromatic heterocycles. The van der Waals surface area contributed by atoms with Gasteiger partial charge in [-0.25, -0.2) is 4.57 Å². The number of phosphoric acid groups is 1. The Labute approximate surface area is 118 Å². The summed E-state index contributed by atoms with van der Waals surface area (Å²) >= 11 is 0. The molecule has 5 heteroatoms. The quantitative estimate of drug-likeness (QED) is 0.770. The van der Waals surface area contributed by atoms with Gasteiger partial charge in [-0.3, -0.25) is 9.05 Å². The van der Waals surface area contributed by atoms with Crippen molar-refractivity contribution in [1.82, 2.24) is 0 Å². The van der Waals surface area contributed by atoms with Crippen LogP contribution in [0.15, 0.2) is 42.5 Å². The van der Waals surface area contributed by atoms with Crippen LogP contribution in [0.3, 0.4) is 0 Å². The highest BCUT2D eigenvalue weighted by molar-refractivity contribution is 7.49. The van der Waals surface area contributed by atoms with Crippen LogP contribution in [0.4, 0.5) is 0 Å². The van der Waals surface area contributed by atoms with Crippen molar-refractivity contribution < 1.29 is 18.1 Å². The molecule has 0 amide bonds. The van der Waals surface area contributed by atoms with E-state index in [1.54, 1.807) is 6.07 Å². The van der Waals surface area contributed by atoms with Gasteiger partial charge >= 0.3 is 7.82 Å². The fraction of sp³-hybridized carbons (Fsp3) is 0.333. The first-order valence-corrected chi connectivity index (χ1v) is 7.99. The van der Waals surface area contributed by atoms with Crippen LogP contribution in [-0.4, -0.2) is 13.2 Å². The second-order valence-electron chi connectivity index (χ2n) is 5.76. The molecule has 0 bridgehead atoms. The topological polar surface area (TPSA) is 44.8 Å². The van der Waals surface area contributed by atoms with Gasteiger partial charge in [0.25, 0.3) is 0 Å². The van der Waals surface area contributed by atoms with E-state index in [1.807, 2.05) is 50.2 Å². The van der Waals surface area contributed by atoms with Gasteiger partial charge in [-0.2, -0.15) is 0 Å². The molecule has 1 fully saturated rings. The van der Waals surface area contributed by atoms with Crippen LogP contribution >= 0.6 is 7.82 Å². The predicted octanol–water partition coefficient (Wildman–Crippen LogP) is 4.40. The van der Waals surface area contributed by atoms with E-state index in [9.17, 15) is 4.57 Å². The normalized spacial score (nSPS) is 20.7. The molecular formula is C15H17O4P. The molecular weight excluding hydrogens is 275 g/mol. The summed E-state index contributed by atoms with van der Waals surface area (Å²) in [7, 11) is -3.49. The lowest BCUT2D eigenvalue weighted by Crippen LogP contribution is -2.30. The van der Waals surface area contributed by atoms with Crippen molar-refractivity contribution >= 4 is 18.6 Å². The van der Waals surface area contributed by atoms with Crippen molar-refractivity contribution in [2.75, 3.05) is 13.2 Å². The smallest absolute Gasteiger partial charge is 0.404 e. The van der Waals surface area contributed by atoms with Crippen molar-refractivity contribution in [1.29, 1.82) is 0 Å². The highest BCUT2D eigenvalue weighted by atomic mass is 31.2. The van der Waals surface area contributed by atoms with Gasteiger partial charge in [0, 0.05) is 5.41 Å². The molecule has 0 spiro atoms. The first-order chi connectivity index (χ1) is 9.46. The summed E-state index contributed by atoms with van der Waals surface area (Å²) in [5.41, 5.74) is -0.138. The van der Waals surface area contributed by atoms with E-state index in [2.05, 4.69) is 0 Å². The van der Waals surface area contributed by atoms with Gasteiger partial charge in [0.2, 0.25) is 0 Å². The fourth-order valence-corrected chi connectivity index (χ4v) is 3.56. The highest BCUT2D eigenvalue weighted by Gasteiger charge is 2.39. The zero-order valence-electron chi connectivity index (χ0n) is 11.5. The molecule has 0 radical (unpaired) electrons. The van der Waals surface area contributed by atoms with Crippen LogP contribution in [0, 0.1) is 5.41 Å². The highest BCUT2D eigenvalue weighted by Crippen LogP contribution is 2.54. The van der Waals surface area contributed by atoms with Crippen LogP contribution in [0.5, 0.6) is 5.75 Å². The lowest BCUT2D eigenvalue weighted by Gasteiger charge is -2.32. The molecule has 1 saturated heterocycles. The van der Waals surface area contributed by atoms with E-state index in [1.165, 1.54) is 0 Å². The average Bonchev–Trinajstić information content (AvgIpc) is 2.43. The Hall–Kier alpha value is -1.35. The standard InChI is InChI=1S/C15H17O4P/c1-15(2)10-17-20(16,18-11-15)19-14-8-7-12-5-3-4-6-13(12)9-14/h3-9H,10-11H2,1-2H3. The van der Waals surface area contributed by atoms with Crippen LogP contribution in [-0.2, 0) is 13.6 Å². The zero-order chi connectivity index (χ0) is 14.2. The SMILES string of the molecule is CC1(C)COP(=O)(Oc2ccc3ccccc3c2)OC1. The molecule has 0 saturated carbocycles. The number of hydrogen-bond acceptors (Lipinski definition) is 4. The largest absolute Gasteiger partial charge is 0.530 e. The maximum Gasteiger partial charge on any atom is 0.530 e. The third kappa shape index (κ3) is 2.88. The molecule has 1 aliphatic heterocycles. The summed E-state index contributed by atoms with van der Waals surface area (Å²) in [5.74, 6) is 0.492. The molecule has 2 aromatic rings. The van der Waals surface area contributed by atoms with Gasteiger partial charge in [-0.05, 0) is 22.9 Å². The van der Waals surface area contributed by atoms with Gasteiger partial charge in [-0.1, -0.05) is 44.2 Å². The second kappa shape index (κ2) is 4.88. The molecule has 1 aliphatic rings. The second-order valence-corrected chi connectivity index (χ2v) is 7.35. The fourth-order valence-electron chi connectivity index (χ4n) is 1.99. The van der Waals surface area contributed by atoms with Crippen molar-refractivity contribution in [2.45, 2.75) is 13.8 Å². The van der Waals surface area contributed by atoms with Crippen molar-refractivity contribution in [3.05, 3.63) is 42.5 Å². The maximum absolute atomic E-state index is 12.4. The number of hydrogen-bond donors (Lipinski definition) is 0. The lowest BCUT2D eigenvalue weighted by molar-refractivity contribution is 0.0182. The van der Waals surface area contributed by atoms with Gasteiger partial charge in [0.1, 0.15) is 5.75 Å². The first-order valence-electron chi connectivity index (χ1n) is 6.53. The summed E-state index contributed by atoms with van der Waals surface area (Å²) in [6.45, 7) is 4.70. The molecule has 4 nitrogen and oxygen atoms in total. The van der Waals surface area contributed by atoms with Gasteiger partial charge in [-0.15, -0.1) is 0 Å². The van der Waals surface area contributed by atoms with Crippen LogP contribution in [0.2, 0.25) is 0 Å². The third-order valence-corrected chi connectivity index (χ3v) is 4.49. The monoisotopic (exact) mass is 292 g/mol. The molecule has 20 heavy (non-hydrogen) atoms. The molecule has 106 valence electrons. The molecule has 1 heterocycles. The molecule has 0 unspecified atom stereocenters. The Bertz CT molecular complexity index is 666. The molecule has 3 rings (SSSR count). The molecule has 0 aliphatic carbocycles. The predicted molar refractivity (Wildman–Crippen MR) is 77.9 cm³/mol. The minimum absolute atomic E-state index is 0.138. The van der Waals surface area contributed by atoms with E-state index in [4.69, 9.17) is 13.6 Å². The van der Waals surface area contributed by atoms with E-state index >= 15 is 0 Å². The van der Waals surface area contributed by atoms with E-state index in [0.717, 1.165) is 10.8 Å². The minimum atomic E-state index is -3.49. The summed E-state index contributed by atoms with van der Waals surface area (Å²) < 4.78 is 28.4. The minimum Gasteiger partial charge on any atom is -0.404 e. The number of fused-ring (bicyclic) bond motifs is 1. The number of rotatable bonds is 2. The van der Waals surface area contributed by atoms with E-state index in [0.29, 0.717) is 19.0 Å². The van der Waals surface area contributed by atoms with Crippen molar-refractivity contribution in [3.63, 3.8) is 0 Å². The summed E-state index contributed by atoms with van der Waals surface area (Å²) in [6.07, 6.45) is 0. The van der Waals surface area contributed by atoms with Crippen LogP contribution in [0.1, 0.15) is 13.8 Å².